The van der Waals surface area contributed by atoms with Gasteiger partial charge in [-0.1, -0.05) is 18.2 Å². The topological polar surface area (TPSA) is 54.9 Å². The Morgan fingerprint density at radius 3 is 2.54 bits per heavy atom. The minimum absolute atomic E-state index is 0.0847. The van der Waals surface area contributed by atoms with Crippen molar-refractivity contribution in [2.24, 2.45) is 5.10 Å². The van der Waals surface area contributed by atoms with Gasteiger partial charge in [0.1, 0.15) is 0 Å². The average molecular weight is 343 g/mol. The number of ether oxygens (including phenoxy) is 2. The largest absolute Gasteiger partial charge is 0.493 e. The molecule has 5 nitrogen and oxygen atoms in total. The molecule has 6 heteroatoms. The van der Waals surface area contributed by atoms with E-state index in [9.17, 15) is 0 Å². The molecule has 0 aromatic heterocycles. The van der Waals surface area contributed by atoms with Crippen LogP contribution < -0.4 is 20.2 Å². The highest BCUT2D eigenvalue weighted by molar-refractivity contribution is 7.80. The second-order valence-corrected chi connectivity index (χ2v) is 5.68. The molecular weight excluding hydrogens is 322 g/mol. The van der Waals surface area contributed by atoms with Gasteiger partial charge in [0.15, 0.2) is 16.6 Å². The molecule has 0 amide bonds. The van der Waals surface area contributed by atoms with Crippen LogP contribution in [0.25, 0.3) is 0 Å². The fourth-order valence-electron chi connectivity index (χ4n) is 1.96. The number of hydrogen-bond acceptors (Lipinski definition) is 4. The molecule has 2 aromatic rings. The molecule has 0 atom stereocenters. The van der Waals surface area contributed by atoms with Crippen LogP contribution in [0, 0.1) is 0 Å². The molecule has 0 aliphatic carbocycles. The number of nitrogens with zero attached hydrogens (tertiary/aromatic N) is 1. The second kappa shape index (κ2) is 8.88. The minimum atomic E-state index is 0.0847. The van der Waals surface area contributed by atoms with E-state index in [4.69, 9.17) is 21.7 Å². The van der Waals surface area contributed by atoms with Gasteiger partial charge in [-0.2, -0.15) is 5.10 Å². The number of para-hydroxylation sites is 1. The summed E-state index contributed by atoms with van der Waals surface area (Å²) in [6, 6.07) is 15.3. The van der Waals surface area contributed by atoms with Crippen molar-refractivity contribution in [3.05, 3.63) is 54.1 Å². The van der Waals surface area contributed by atoms with Crippen LogP contribution in [0.5, 0.6) is 11.5 Å². The van der Waals surface area contributed by atoms with Crippen molar-refractivity contribution in [2.45, 2.75) is 20.0 Å². The molecule has 0 saturated heterocycles. The van der Waals surface area contributed by atoms with Gasteiger partial charge in [0.2, 0.25) is 0 Å². The number of rotatable bonds is 6. The first-order chi connectivity index (χ1) is 11.6. The van der Waals surface area contributed by atoms with E-state index in [-0.39, 0.29) is 6.10 Å². The van der Waals surface area contributed by atoms with Crippen LogP contribution in [0.2, 0.25) is 0 Å². The lowest BCUT2D eigenvalue weighted by Crippen LogP contribution is -2.23. The normalized spacial score (nSPS) is 10.7. The van der Waals surface area contributed by atoms with Crippen molar-refractivity contribution < 1.29 is 9.47 Å². The van der Waals surface area contributed by atoms with Gasteiger partial charge >= 0.3 is 0 Å². The molecule has 2 aromatic carbocycles. The zero-order chi connectivity index (χ0) is 17.4. The van der Waals surface area contributed by atoms with E-state index in [1.54, 1.807) is 13.3 Å². The van der Waals surface area contributed by atoms with Crippen molar-refractivity contribution in [3.8, 4) is 11.5 Å². The second-order valence-electron chi connectivity index (χ2n) is 5.27. The molecule has 0 unspecified atom stereocenters. The van der Waals surface area contributed by atoms with Gasteiger partial charge in [0.25, 0.3) is 0 Å². The summed E-state index contributed by atoms with van der Waals surface area (Å²) in [5.74, 6) is 1.37. The third-order valence-electron chi connectivity index (χ3n) is 2.96. The Kier molecular flexibility index (Phi) is 6.57. The Morgan fingerprint density at radius 1 is 1.12 bits per heavy atom. The van der Waals surface area contributed by atoms with Crippen LogP contribution in [0.4, 0.5) is 5.69 Å². The molecule has 0 aliphatic heterocycles. The van der Waals surface area contributed by atoms with Crippen LogP contribution in [0.15, 0.2) is 53.6 Å². The maximum absolute atomic E-state index is 5.68. The van der Waals surface area contributed by atoms with Crippen molar-refractivity contribution in [1.29, 1.82) is 0 Å². The van der Waals surface area contributed by atoms with Crippen LogP contribution in [0.1, 0.15) is 19.4 Å². The van der Waals surface area contributed by atoms with E-state index in [1.165, 1.54) is 0 Å². The maximum atomic E-state index is 5.68. The average Bonchev–Trinajstić information content (AvgIpc) is 2.56. The summed E-state index contributed by atoms with van der Waals surface area (Å²) in [6.07, 6.45) is 1.75. The standard InChI is InChI=1S/C18H21N3O2S/c1-13(2)23-16-10-9-14(11-17(16)22-3)12-19-21-18(24)20-15-7-5-4-6-8-15/h4-13H,1-3H3,(H2,20,21,24). The molecule has 2 rings (SSSR count). The molecule has 126 valence electrons. The molecule has 0 bridgehead atoms. The monoisotopic (exact) mass is 343 g/mol. The van der Waals surface area contributed by atoms with Crippen LogP contribution in [-0.4, -0.2) is 24.5 Å². The van der Waals surface area contributed by atoms with Crippen molar-refractivity contribution in [1.82, 2.24) is 5.43 Å². The molecular formula is C18H21N3O2S. The lowest BCUT2D eigenvalue weighted by Gasteiger charge is -2.13. The molecule has 0 spiro atoms. The SMILES string of the molecule is COc1cc(C=NNC(=S)Nc2ccccc2)ccc1OC(C)C. The first-order valence-electron chi connectivity index (χ1n) is 7.58. The van der Waals surface area contributed by atoms with Gasteiger partial charge in [-0.25, -0.2) is 0 Å². The van der Waals surface area contributed by atoms with Crippen LogP contribution in [-0.2, 0) is 0 Å². The number of anilines is 1. The summed E-state index contributed by atoms with van der Waals surface area (Å²) < 4.78 is 11.0. The van der Waals surface area contributed by atoms with Crippen molar-refractivity contribution in [3.63, 3.8) is 0 Å². The van der Waals surface area contributed by atoms with E-state index in [0.717, 1.165) is 11.3 Å². The lowest BCUT2D eigenvalue weighted by atomic mass is 10.2. The highest BCUT2D eigenvalue weighted by Gasteiger charge is 2.06. The first kappa shape index (κ1) is 17.7. The van der Waals surface area contributed by atoms with Crippen LogP contribution >= 0.6 is 12.2 Å². The zero-order valence-electron chi connectivity index (χ0n) is 13.9. The zero-order valence-corrected chi connectivity index (χ0v) is 14.8. The summed E-state index contributed by atoms with van der Waals surface area (Å²) in [4.78, 5) is 0. The third kappa shape index (κ3) is 5.55. The highest BCUT2D eigenvalue weighted by Crippen LogP contribution is 2.28. The Labute approximate surface area is 147 Å². The van der Waals surface area contributed by atoms with Gasteiger partial charge in [-0.15, -0.1) is 0 Å². The third-order valence-corrected chi connectivity index (χ3v) is 3.16. The molecule has 24 heavy (non-hydrogen) atoms. The molecule has 0 saturated carbocycles. The predicted molar refractivity (Wildman–Crippen MR) is 102 cm³/mol. The van der Waals surface area contributed by atoms with Crippen LogP contribution in [0.3, 0.4) is 0 Å². The summed E-state index contributed by atoms with van der Waals surface area (Å²) in [5, 5.41) is 7.59. The van der Waals surface area contributed by atoms with E-state index >= 15 is 0 Å². The summed E-state index contributed by atoms with van der Waals surface area (Å²) >= 11 is 5.19. The number of hydrazone groups is 1. The summed E-state index contributed by atoms with van der Waals surface area (Å²) in [6.45, 7) is 3.94. The molecule has 2 N–H and O–H groups in total. The Hall–Kier alpha value is -2.60. The van der Waals surface area contributed by atoms with E-state index in [1.807, 2.05) is 62.4 Å². The minimum Gasteiger partial charge on any atom is -0.493 e. The van der Waals surface area contributed by atoms with Crippen molar-refractivity contribution >= 4 is 29.2 Å². The summed E-state index contributed by atoms with van der Waals surface area (Å²) in [5.41, 5.74) is 4.56. The van der Waals surface area contributed by atoms with E-state index in [2.05, 4.69) is 15.8 Å². The highest BCUT2D eigenvalue weighted by atomic mass is 32.1. The Morgan fingerprint density at radius 2 is 1.88 bits per heavy atom. The van der Waals surface area contributed by atoms with Gasteiger partial charge in [0, 0.05) is 5.69 Å². The number of nitrogens with one attached hydrogen (secondary N) is 2. The molecule has 0 fully saturated rings. The van der Waals surface area contributed by atoms with Gasteiger partial charge in [-0.05, 0) is 62.0 Å². The molecule has 0 heterocycles. The predicted octanol–water partition coefficient (Wildman–Crippen LogP) is 3.80. The van der Waals surface area contributed by atoms with Gasteiger partial charge in [-0.3, -0.25) is 5.43 Å². The smallest absolute Gasteiger partial charge is 0.191 e. The van der Waals surface area contributed by atoms with E-state index < -0.39 is 0 Å². The quantitative estimate of drug-likeness (QED) is 0.475. The number of hydrogen-bond donors (Lipinski definition) is 2. The number of benzene rings is 2. The van der Waals surface area contributed by atoms with Gasteiger partial charge < -0.3 is 14.8 Å². The van der Waals surface area contributed by atoms with Crippen molar-refractivity contribution in [2.75, 3.05) is 12.4 Å². The molecule has 0 radical (unpaired) electrons. The summed E-state index contributed by atoms with van der Waals surface area (Å²) in [7, 11) is 1.61. The van der Waals surface area contributed by atoms with E-state index in [0.29, 0.717) is 16.6 Å². The number of methoxy groups -OCH3 is 1. The Bertz CT molecular complexity index is 703. The fraction of sp³-hybridized carbons (Fsp3) is 0.222. The molecule has 0 aliphatic rings. The lowest BCUT2D eigenvalue weighted by molar-refractivity contribution is 0.230. The van der Waals surface area contributed by atoms with Gasteiger partial charge in [0.05, 0.1) is 19.4 Å². The maximum Gasteiger partial charge on any atom is 0.191 e. The Balaban J connectivity index is 1.95. The first-order valence-corrected chi connectivity index (χ1v) is 7.99. The number of thiocarbonyl (C=S) groups is 1. The fourth-order valence-corrected chi connectivity index (χ4v) is 2.13.